The number of esters is 1. The van der Waals surface area contributed by atoms with Gasteiger partial charge >= 0.3 is 5.97 Å². The number of carbonyl (C=O) groups excluding carboxylic acids is 2. The first kappa shape index (κ1) is 19.7. The van der Waals surface area contributed by atoms with Gasteiger partial charge in [-0.15, -0.1) is 0 Å². The highest BCUT2D eigenvalue weighted by Crippen LogP contribution is 2.24. The fourth-order valence-corrected chi connectivity index (χ4v) is 3.29. The Hall–Kier alpha value is -3.08. The summed E-state index contributed by atoms with van der Waals surface area (Å²) in [5.74, 6) is 0.302. The Labute approximate surface area is 165 Å². The van der Waals surface area contributed by atoms with Crippen LogP contribution < -0.4 is 10.1 Å². The van der Waals surface area contributed by atoms with E-state index in [1.165, 1.54) is 0 Å². The molecule has 0 spiro atoms. The average molecular weight is 379 g/mol. The standard InChI is InChI=1S/C23H25NO4/c1-27-20-13-11-19(12-14-20)23(18-9-3-2-4-10-18)24-21(25)16-28-22(26)15-17-7-5-6-8-17/h2-5,7,9-14,17,23H,6,8,15-16H2,1H3,(H,24,25)/t17-,23+/m0/s1. The van der Waals surface area contributed by atoms with E-state index in [-0.39, 0.29) is 30.4 Å². The van der Waals surface area contributed by atoms with Crippen molar-refractivity contribution in [1.82, 2.24) is 5.32 Å². The predicted octanol–water partition coefficient (Wildman–Crippen LogP) is 3.80. The molecular weight excluding hydrogens is 354 g/mol. The van der Waals surface area contributed by atoms with Crippen LogP contribution in [0.4, 0.5) is 0 Å². The summed E-state index contributed by atoms with van der Waals surface area (Å²) < 4.78 is 10.4. The summed E-state index contributed by atoms with van der Waals surface area (Å²) in [4.78, 5) is 24.4. The molecule has 2 atom stereocenters. The van der Waals surface area contributed by atoms with Crippen molar-refractivity contribution in [3.63, 3.8) is 0 Å². The van der Waals surface area contributed by atoms with E-state index >= 15 is 0 Å². The minimum Gasteiger partial charge on any atom is -0.497 e. The van der Waals surface area contributed by atoms with Gasteiger partial charge in [0.2, 0.25) is 0 Å². The SMILES string of the molecule is COc1ccc([C@H](NC(=O)COC(=O)C[C@H]2C=CCC2)c2ccccc2)cc1. The van der Waals surface area contributed by atoms with Gasteiger partial charge in [0.15, 0.2) is 6.61 Å². The Bertz CT molecular complexity index is 814. The zero-order valence-electron chi connectivity index (χ0n) is 16.0. The minimum atomic E-state index is -0.340. The van der Waals surface area contributed by atoms with Gasteiger partial charge in [0.05, 0.1) is 19.6 Å². The maximum atomic E-state index is 12.4. The number of amides is 1. The lowest BCUT2D eigenvalue weighted by atomic mass is 9.98. The smallest absolute Gasteiger partial charge is 0.306 e. The monoisotopic (exact) mass is 379 g/mol. The molecule has 1 aliphatic carbocycles. The second kappa shape index (κ2) is 9.74. The van der Waals surface area contributed by atoms with Crippen molar-refractivity contribution in [2.75, 3.05) is 13.7 Å². The molecule has 5 nitrogen and oxygen atoms in total. The van der Waals surface area contributed by atoms with Crippen molar-refractivity contribution in [2.24, 2.45) is 5.92 Å². The minimum absolute atomic E-state index is 0.229. The molecule has 2 aromatic carbocycles. The first-order chi connectivity index (χ1) is 13.7. The van der Waals surface area contributed by atoms with Crippen LogP contribution >= 0.6 is 0 Å². The first-order valence-corrected chi connectivity index (χ1v) is 9.46. The van der Waals surface area contributed by atoms with E-state index in [0.29, 0.717) is 6.42 Å². The Morgan fingerprint density at radius 2 is 1.79 bits per heavy atom. The second-order valence-corrected chi connectivity index (χ2v) is 6.81. The lowest BCUT2D eigenvalue weighted by Gasteiger charge is -2.20. The lowest BCUT2D eigenvalue weighted by Crippen LogP contribution is -2.33. The largest absolute Gasteiger partial charge is 0.497 e. The van der Waals surface area contributed by atoms with E-state index in [1.54, 1.807) is 7.11 Å². The van der Waals surface area contributed by atoms with Gasteiger partial charge in [0.1, 0.15) is 5.75 Å². The molecule has 1 aliphatic rings. The van der Waals surface area contributed by atoms with Gasteiger partial charge in [-0.05, 0) is 42.0 Å². The summed E-state index contributed by atoms with van der Waals surface area (Å²) in [5.41, 5.74) is 1.87. The van der Waals surface area contributed by atoms with Crippen molar-refractivity contribution >= 4 is 11.9 Å². The molecule has 0 heterocycles. The van der Waals surface area contributed by atoms with Crippen LogP contribution in [0, 0.1) is 5.92 Å². The Morgan fingerprint density at radius 1 is 1.07 bits per heavy atom. The highest BCUT2D eigenvalue weighted by molar-refractivity contribution is 5.81. The summed E-state index contributed by atoms with van der Waals surface area (Å²) in [7, 11) is 1.61. The number of rotatable bonds is 8. The second-order valence-electron chi connectivity index (χ2n) is 6.81. The summed E-state index contributed by atoms with van der Waals surface area (Å²) >= 11 is 0. The van der Waals surface area contributed by atoms with Crippen molar-refractivity contribution < 1.29 is 19.1 Å². The van der Waals surface area contributed by atoms with Gasteiger partial charge < -0.3 is 14.8 Å². The van der Waals surface area contributed by atoms with Crippen LogP contribution in [0.15, 0.2) is 66.7 Å². The maximum Gasteiger partial charge on any atom is 0.306 e. The van der Waals surface area contributed by atoms with Gasteiger partial charge in [-0.2, -0.15) is 0 Å². The molecule has 28 heavy (non-hydrogen) atoms. The fraction of sp³-hybridized carbons (Fsp3) is 0.304. The molecular formula is C23H25NO4. The molecule has 0 aromatic heterocycles. The molecule has 0 unspecified atom stereocenters. The molecule has 5 heteroatoms. The average Bonchev–Trinajstić information content (AvgIpc) is 3.24. The van der Waals surface area contributed by atoms with E-state index in [4.69, 9.17) is 9.47 Å². The summed E-state index contributed by atoms with van der Waals surface area (Å²) in [6, 6.07) is 16.9. The van der Waals surface area contributed by atoms with Crippen LogP contribution in [0.5, 0.6) is 5.75 Å². The normalized spacial score (nSPS) is 16.4. The zero-order chi connectivity index (χ0) is 19.8. The third kappa shape index (κ3) is 5.46. The van der Waals surface area contributed by atoms with Gasteiger partial charge in [-0.3, -0.25) is 9.59 Å². The van der Waals surface area contributed by atoms with Crippen LogP contribution in [-0.4, -0.2) is 25.6 Å². The lowest BCUT2D eigenvalue weighted by molar-refractivity contribution is -0.149. The number of hydrogen-bond donors (Lipinski definition) is 1. The number of methoxy groups -OCH3 is 1. The molecule has 2 aromatic rings. The third-order valence-corrected chi connectivity index (χ3v) is 4.79. The number of carbonyl (C=O) groups is 2. The molecule has 0 radical (unpaired) electrons. The van der Waals surface area contributed by atoms with Crippen molar-refractivity contribution in [3.05, 3.63) is 77.9 Å². The molecule has 1 N–H and O–H groups in total. The Kier molecular flexibility index (Phi) is 6.84. The van der Waals surface area contributed by atoms with E-state index in [9.17, 15) is 9.59 Å². The zero-order valence-corrected chi connectivity index (χ0v) is 16.0. The number of hydrogen-bond acceptors (Lipinski definition) is 4. The highest BCUT2D eigenvalue weighted by Gasteiger charge is 2.19. The van der Waals surface area contributed by atoms with E-state index < -0.39 is 0 Å². The number of benzene rings is 2. The quantitative estimate of drug-likeness (QED) is 0.560. The number of allylic oxidation sites excluding steroid dienone is 2. The highest BCUT2D eigenvalue weighted by atomic mass is 16.5. The summed E-state index contributed by atoms with van der Waals surface area (Å²) in [6.07, 6.45) is 6.40. The van der Waals surface area contributed by atoms with E-state index in [2.05, 4.69) is 11.4 Å². The van der Waals surface area contributed by atoms with Crippen LogP contribution in [0.25, 0.3) is 0 Å². The van der Waals surface area contributed by atoms with Gasteiger partial charge in [0.25, 0.3) is 5.91 Å². The Balaban J connectivity index is 1.62. The van der Waals surface area contributed by atoms with Gasteiger partial charge in [-0.25, -0.2) is 0 Å². The van der Waals surface area contributed by atoms with Gasteiger partial charge in [0, 0.05) is 0 Å². The Morgan fingerprint density at radius 3 is 2.43 bits per heavy atom. The molecule has 0 bridgehead atoms. The fourth-order valence-electron chi connectivity index (χ4n) is 3.29. The number of ether oxygens (including phenoxy) is 2. The predicted molar refractivity (Wildman–Crippen MR) is 107 cm³/mol. The van der Waals surface area contributed by atoms with Crippen LogP contribution in [0.3, 0.4) is 0 Å². The molecule has 0 saturated carbocycles. The number of nitrogens with one attached hydrogen (secondary N) is 1. The van der Waals surface area contributed by atoms with Crippen molar-refractivity contribution in [1.29, 1.82) is 0 Å². The van der Waals surface area contributed by atoms with E-state index in [0.717, 1.165) is 29.7 Å². The van der Waals surface area contributed by atoms with Crippen LogP contribution in [-0.2, 0) is 14.3 Å². The topological polar surface area (TPSA) is 64.6 Å². The first-order valence-electron chi connectivity index (χ1n) is 9.46. The maximum absolute atomic E-state index is 12.4. The van der Waals surface area contributed by atoms with Crippen molar-refractivity contribution in [2.45, 2.75) is 25.3 Å². The van der Waals surface area contributed by atoms with Crippen LogP contribution in [0.2, 0.25) is 0 Å². The summed E-state index contributed by atoms with van der Waals surface area (Å²) in [6.45, 7) is -0.283. The van der Waals surface area contributed by atoms with Crippen molar-refractivity contribution in [3.8, 4) is 5.75 Å². The third-order valence-electron chi connectivity index (χ3n) is 4.79. The van der Waals surface area contributed by atoms with E-state index in [1.807, 2.05) is 60.7 Å². The molecule has 0 fully saturated rings. The molecule has 146 valence electrons. The van der Waals surface area contributed by atoms with Crippen LogP contribution in [0.1, 0.15) is 36.4 Å². The molecule has 3 rings (SSSR count). The summed E-state index contributed by atoms with van der Waals surface area (Å²) in [5, 5.41) is 2.97. The van der Waals surface area contributed by atoms with Gasteiger partial charge in [-0.1, -0.05) is 54.6 Å². The molecule has 1 amide bonds. The molecule has 0 aliphatic heterocycles. The molecule has 0 saturated heterocycles.